The van der Waals surface area contributed by atoms with E-state index >= 15 is 0 Å². The highest BCUT2D eigenvalue weighted by atomic mass is 79.9. The van der Waals surface area contributed by atoms with Crippen molar-refractivity contribution < 1.29 is 4.39 Å². The maximum absolute atomic E-state index is 13.5. The zero-order chi connectivity index (χ0) is 12.3. The summed E-state index contributed by atoms with van der Waals surface area (Å²) in [5.74, 6) is -0.134. The van der Waals surface area contributed by atoms with Gasteiger partial charge in [0.15, 0.2) is 0 Å². The van der Waals surface area contributed by atoms with Crippen molar-refractivity contribution in [2.75, 3.05) is 6.54 Å². The van der Waals surface area contributed by atoms with Gasteiger partial charge in [0, 0.05) is 16.6 Å². The summed E-state index contributed by atoms with van der Waals surface area (Å²) in [6.45, 7) is 0.783. The van der Waals surface area contributed by atoms with Crippen molar-refractivity contribution in [3.05, 3.63) is 34.1 Å². The number of hydrogen-bond acceptors (Lipinski definition) is 2. The first-order valence-corrected chi connectivity index (χ1v) is 6.89. The van der Waals surface area contributed by atoms with Crippen molar-refractivity contribution in [3.63, 3.8) is 0 Å². The Bertz CT molecular complexity index is 384. The summed E-state index contributed by atoms with van der Waals surface area (Å²) in [7, 11) is 0. The summed E-state index contributed by atoms with van der Waals surface area (Å²) < 4.78 is 14.4. The number of nitrogens with one attached hydrogen (secondary N) is 1. The molecule has 94 valence electrons. The number of benzene rings is 1. The second-order valence-corrected chi connectivity index (χ2v) is 5.56. The first kappa shape index (κ1) is 13.0. The average Bonchev–Trinajstić information content (AvgIpc) is 2.70. The molecule has 0 radical (unpaired) electrons. The Morgan fingerprint density at radius 1 is 1.41 bits per heavy atom. The molecule has 0 bridgehead atoms. The maximum atomic E-state index is 13.5. The Kier molecular flexibility index (Phi) is 4.54. The van der Waals surface area contributed by atoms with Crippen molar-refractivity contribution in [1.82, 2.24) is 5.32 Å². The van der Waals surface area contributed by atoms with Crippen LogP contribution in [0.5, 0.6) is 0 Å². The van der Waals surface area contributed by atoms with Gasteiger partial charge in [0.25, 0.3) is 0 Å². The third kappa shape index (κ3) is 3.50. The van der Waals surface area contributed by atoms with E-state index in [2.05, 4.69) is 21.2 Å². The predicted octanol–water partition coefficient (Wildman–Crippen LogP) is 2.60. The van der Waals surface area contributed by atoms with Gasteiger partial charge in [0.2, 0.25) is 0 Å². The lowest BCUT2D eigenvalue weighted by molar-refractivity contribution is 0.476. The molecule has 1 aliphatic carbocycles. The van der Waals surface area contributed by atoms with Gasteiger partial charge in [-0.1, -0.05) is 22.4 Å². The van der Waals surface area contributed by atoms with Gasteiger partial charge in [-0.2, -0.15) is 0 Å². The highest BCUT2D eigenvalue weighted by Gasteiger charge is 2.22. The minimum atomic E-state index is -0.134. The summed E-state index contributed by atoms with van der Waals surface area (Å²) in [4.78, 5) is 0. The monoisotopic (exact) mass is 300 g/mol. The van der Waals surface area contributed by atoms with Gasteiger partial charge in [-0.05, 0) is 49.6 Å². The van der Waals surface area contributed by atoms with Crippen LogP contribution in [0, 0.1) is 5.82 Å². The van der Waals surface area contributed by atoms with E-state index in [0.29, 0.717) is 12.5 Å². The molecule has 3 N–H and O–H groups in total. The molecular formula is C13H18BrFN2. The van der Waals surface area contributed by atoms with Crippen molar-refractivity contribution in [3.8, 4) is 0 Å². The number of halogens is 2. The molecule has 0 aliphatic heterocycles. The standard InChI is InChI=1S/C13H18BrFN2/c14-10-4-5-11(15)9(8-10)6-7-17-13-3-1-2-12(13)16/h4-5,8,12-13,17H,1-3,6-7,16H2. The molecule has 2 atom stereocenters. The molecule has 2 nitrogen and oxygen atoms in total. The molecule has 2 rings (SSSR count). The van der Waals surface area contributed by atoms with E-state index < -0.39 is 0 Å². The molecule has 0 amide bonds. The van der Waals surface area contributed by atoms with Crippen LogP contribution in [0.25, 0.3) is 0 Å². The van der Waals surface area contributed by atoms with E-state index in [0.717, 1.165) is 29.4 Å². The summed E-state index contributed by atoms with van der Waals surface area (Å²) in [5, 5.41) is 3.42. The van der Waals surface area contributed by atoms with Crippen LogP contribution in [-0.4, -0.2) is 18.6 Å². The summed E-state index contributed by atoms with van der Waals surface area (Å²) in [5.41, 5.74) is 6.72. The van der Waals surface area contributed by atoms with E-state index in [1.165, 1.54) is 12.5 Å². The molecule has 0 saturated heterocycles. The zero-order valence-corrected chi connectivity index (χ0v) is 11.3. The second-order valence-electron chi connectivity index (χ2n) is 4.64. The van der Waals surface area contributed by atoms with Crippen molar-refractivity contribution >= 4 is 15.9 Å². The molecule has 0 heterocycles. The topological polar surface area (TPSA) is 38.0 Å². The SMILES string of the molecule is NC1CCCC1NCCc1cc(Br)ccc1F. The largest absolute Gasteiger partial charge is 0.326 e. The lowest BCUT2D eigenvalue weighted by Crippen LogP contribution is -2.41. The Morgan fingerprint density at radius 3 is 2.94 bits per heavy atom. The van der Waals surface area contributed by atoms with Crippen molar-refractivity contribution in [2.24, 2.45) is 5.73 Å². The molecule has 1 saturated carbocycles. The minimum Gasteiger partial charge on any atom is -0.326 e. The summed E-state index contributed by atoms with van der Waals surface area (Å²) in [6, 6.07) is 5.73. The van der Waals surface area contributed by atoms with E-state index in [9.17, 15) is 4.39 Å². The van der Waals surface area contributed by atoms with Crippen LogP contribution in [0.1, 0.15) is 24.8 Å². The van der Waals surface area contributed by atoms with Gasteiger partial charge in [-0.15, -0.1) is 0 Å². The van der Waals surface area contributed by atoms with Crippen molar-refractivity contribution in [1.29, 1.82) is 0 Å². The molecule has 1 fully saturated rings. The first-order valence-electron chi connectivity index (χ1n) is 6.09. The Hall–Kier alpha value is -0.450. The molecule has 1 aliphatic rings. The first-order chi connectivity index (χ1) is 8.16. The molecule has 4 heteroatoms. The van der Waals surface area contributed by atoms with Crippen LogP contribution in [0.3, 0.4) is 0 Å². The fraction of sp³-hybridized carbons (Fsp3) is 0.538. The fourth-order valence-corrected chi connectivity index (χ4v) is 2.78. The minimum absolute atomic E-state index is 0.134. The Labute approximate surface area is 110 Å². The van der Waals surface area contributed by atoms with Crippen LogP contribution in [-0.2, 0) is 6.42 Å². The zero-order valence-electron chi connectivity index (χ0n) is 9.76. The Balaban J connectivity index is 1.83. The molecular weight excluding hydrogens is 283 g/mol. The predicted molar refractivity (Wildman–Crippen MR) is 71.4 cm³/mol. The second kappa shape index (κ2) is 5.94. The van der Waals surface area contributed by atoms with Gasteiger partial charge in [-0.3, -0.25) is 0 Å². The highest BCUT2D eigenvalue weighted by Crippen LogP contribution is 2.18. The molecule has 17 heavy (non-hydrogen) atoms. The van der Waals surface area contributed by atoms with Gasteiger partial charge >= 0.3 is 0 Å². The summed E-state index contributed by atoms with van der Waals surface area (Å²) >= 11 is 3.36. The van der Waals surface area contributed by atoms with Crippen LogP contribution in [0.2, 0.25) is 0 Å². The van der Waals surface area contributed by atoms with E-state index in [4.69, 9.17) is 5.73 Å². The molecule has 2 unspecified atom stereocenters. The van der Waals surface area contributed by atoms with E-state index in [1.54, 1.807) is 6.07 Å². The highest BCUT2D eigenvalue weighted by molar-refractivity contribution is 9.10. The average molecular weight is 301 g/mol. The van der Waals surface area contributed by atoms with Gasteiger partial charge in [0.1, 0.15) is 5.82 Å². The van der Waals surface area contributed by atoms with Crippen LogP contribution in [0.4, 0.5) is 4.39 Å². The Morgan fingerprint density at radius 2 is 2.24 bits per heavy atom. The van der Waals surface area contributed by atoms with E-state index in [1.807, 2.05) is 6.07 Å². The van der Waals surface area contributed by atoms with Crippen LogP contribution in [0.15, 0.2) is 22.7 Å². The summed E-state index contributed by atoms with van der Waals surface area (Å²) in [6.07, 6.45) is 4.14. The van der Waals surface area contributed by atoms with Crippen LogP contribution < -0.4 is 11.1 Å². The van der Waals surface area contributed by atoms with Gasteiger partial charge < -0.3 is 11.1 Å². The third-order valence-electron chi connectivity index (χ3n) is 3.38. The molecule has 1 aromatic carbocycles. The number of hydrogen-bond donors (Lipinski definition) is 2. The van der Waals surface area contributed by atoms with Crippen molar-refractivity contribution in [2.45, 2.75) is 37.8 Å². The molecule has 0 spiro atoms. The molecule has 1 aromatic rings. The maximum Gasteiger partial charge on any atom is 0.126 e. The lowest BCUT2D eigenvalue weighted by Gasteiger charge is -2.17. The normalized spacial score (nSPS) is 24.2. The third-order valence-corrected chi connectivity index (χ3v) is 3.87. The smallest absolute Gasteiger partial charge is 0.126 e. The molecule has 0 aromatic heterocycles. The van der Waals surface area contributed by atoms with Gasteiger partial charge in [0.05, 0.1) is 0 Å². The number of nitrogens with two attached hydrogens (primary N) is 1. The van der Waals surface area contributed by atoms with Crippen LogP contribution >= 0.6 is 15.9 Å². The number of rotatable bonds is 4. The van der Waals surface area contributed by atoms with E-state index in [-0.39, 0.29) is 11.9 Å². The fourth-order valence-electron chi connectivity index (χ4n) is 2.37. The quantitative estimate of drug-likeness (QED) is 0.897. The van der Waals surface area contributed by atoms with Gasteiger partial charge in [-0.25, -0.2) is 4.39 Å². The lowest BCUT2D eigenvalue weighted by atomic mass is 10.1.